The van der Waals surface area contributed by atoms with Gasteiger partial charge in [-0.1, -0.05) is 15.9 Å². The molecule has 0 saturated carbocycles. The highest BCUT2D eigenvalue weighted by molar-refractivity contribution is 9.10. The van der Waals surface area contributed by atoms with Crippen LogP contribution in [0.1, 0.15) is 13.8 Å². The summed E-state index contributed by atoms with van der Waals surface area (Å²) in [7, 11) is 0. The van der Waals surface area contributed by atoms with Crippen LogP contribution in [0.2, 0.25) is 0 Å². The number of ether oxygens (including phenoxy) is 1. The van der Waals surface area contributed by atoms with Crippen LogP contribution in [0.15, 0.2) is 29.0 Å². The van der Waals surface area contributed by atoms with Crippen molar-refractivity contribution in [2.45, 2.75) is 25.6 Å². The number of rotatable bonds is 2. The van der Waals surface area contributed by atoms with Crippen LogP contribution in [0.25, 0.3) is 11.0 Å². The Morgan fingerprint density at radius 2 is 2.24 bits per heavy atom. The summed E-state index contributed by atoms with van der Waals surface area (Å²) in [5, 5.41) is 0.828. The molecular formula is C15H17Br2N3O. The normalized spacial score (nSPS) is 21.7. The minimum Gasteiger partial charge on any atom is -0.368 e. The molecule has 0 N–H and O–H groups in total. The van der Waals surface area contributed by atoms with E-state index in [0.29, 0.717) is 0 Å². The molecule has 1 aliphatic heterocycles. The molecule has 112 valence electrons. The van der Waals surface area contributed by atoms with E-state index in [9.17, 15) is 0 Å². The van der Waals surface area contributed by atoms with Gasteiger partial charge in [0.15, 0.2) is 0 Å². The molecule has 0 spiro atoms. The van der Waals surface area contributed by atoms with Gasteiger partial charge in [0.05, 0.1) is 22.9 Å². The quantitative estimate of drug-likeness (QED) is 0.701. The molecular weight excluding hydrogens is 398 g/mol. The molecule has 21 heavy (non-hydrogen) atoms. The van der Waals surface area contributed by atoms with Crippen LogP contribution < -0.4 is 4.90 Å². The van der Waals surface area contributed by atoms with E-state index in [-0.39, 0.29) is 11.7 Å². The van der Waals surface area contributed by atoms with E-state index in [0.717, 1.165) is 39.6 Å². The third-order valence-corrected chi connectivity index (χ3v) is 4.67. The third kappa shape index (κ3) is 3.22. The fraction of sp³-hybridized carbons (Fsp3) is 0.467. The summed E-state index contributed by atoms with van der Waals surface area (Å²) in [6, 6.07) is 4.04. The molecule has 0 aliphatic carbocycles. The number of hydrogen-bond acceptors (Lipinski definition) is 4. The summed E-state index contributed by atoms with van der Waals surface area (Å²) in [6.07, 6.45) is 3.84. The molecule has 0 radical (unpaired) electrons. The van der Waals surface area contributed by atoms with Crippen molar-refractivity contribution in [3.8, 4) is 0 Å². The first-order valence-corrected chi connectivity index (χ1v) is 8.79. The topological polar surface area (TPSA) is 38.2 Å². The first kappa shape index (κ1) is 15.2. The Labute approximate surface area is 141 Å². The van der Waals surface area contributed by atoms with Gasteiger partial charge >= 0.3 is 0 Å². The van der Waals surface area contributed by atoms with Crippen LogP contribution in [-0.2, 0) is 4.74 Å². The number of pyridine rings is 2. The van der Waals surface area contributed by atoms with Crippen molar-refractivity contribution >= 4 is 48.6 Å². The number of hydrogen-bond donors (Lipinski definition) is 0. The Hall–Kier alpha value is -0.720. The fourth-order valence-corrected chi connectivity index (χ4v) is 3.46. The molecule has 2 aromatic heterocycles. The van der Waals surface area contributed by atoms with Gasteiger partial charge < -0.3 is 9.64 Å². The standard InChI is InChI=1S/C15H17Br2N3O/c1-15(2)9-20(8-11(6-16)21-15)13-3-4-18-12-5-10(17)7-19-14(12)13/h3-5,7,11H,6,8-9H2,1-2H3. The van der Waals surface area contributed by atoms with Crippen LogP contribution in [0, 0.1) is 0 Å². The first-order valence-electron chi connectivity index (χ1n) is 6.87. The van der Waals surface area contributed by atoms with Crippen molar-refractivity contribution in [1.82, 2.24) is 9.97 Å². The second-order valence-corrected chi connectivity index (χ2v) is 7.45. The van der Waals surface area contributed by atoms with Crippen LogP contribution >= 0.6 is 31.9 Å². The number of alkyl halides is 1. The molecule has 0 bridgehead atoms. The molecule has 2 aromatic rings. The van der Waals surface area contributed by atoms with Gasteiger partial charge in [0.1, 0.15) is 5.52 Å². The number of morpholine rings is 1. The van der Waals surface area contributed by atoms with Gasteiger partial charge in [-0.3, -0.25) is 9.97 Å². The van der Waals surface area contributed by atoms with Crippen molar-refractivity contribution < 1.29 is 4.74 Å². The van der Waals surface area contributed by atoms with Gasteiger partial charge in [0.25, 0.3) is 0 Å². The lowest BCUT2D eigenvalue weighted by molar-refractivity contribution is -0.0723. The Morgan fingerprint density at radius 3 is 3.00 bits per heavy atom. The minimum atomic E-state index is -0.179. The zero-order valence-electron chi connectivity index (χ0n) is 12.0. The average Bonchev–Trinajstić information content (AvgIpc) is 2.44. The van der Waals surface area contributed by atoms with Gasteiger partial charge in [-0.25, -0.2) is 0 Å². The predicted octanol–water partition coefficient (Wildman–Crippen LogP) is 3.77. The average molecular weight is 415 g/mol. The number of fused-ring (bicyclic) bond motifs is 1. The van der Waals surface area contributed by atoms with Crippen molar-refractivity contribution in [3.63, 3.8) is 0 Å². The molecule has 3 heterocycles. The largest absolute Gasteiger partial charge is 0.368 e. The molecule has 1 unspecified atom stereocenters. The van der Waals surface area contributed by atoms with Crippen molar-refractivity contribution in [2.75, 3.05) is 23.3 Å². The fourth-order valence-electron chi connectivity index (χ4n) is 2.81. The zero-order chi connectivity index (χ0) is 15.0. The summed E-state index contributed by atoms with van der Waals surface area (Å²) in [5.74, 6) is 0. The maximum Gasteiger partial charge on any atom is 0.112 e. The van der Waals surface area contributed by atoms with Gasteiger partial charge in [0, 0.05) is 35.3 Å². The molecule has 6 heteroatoms. The lowest BCUT2D eigenvalue weighted by atomic mass is 10.0. The molecule has 1 saturated heterocycles. The highest BCUT2D eigenvalue weighted by Gasteiger charge is 2.33. The molecule has 0 aromatic carbocycles. The van der Waals surface area contributed by atoms with E-state index < -0.39 is 0 Å². The maximum absolute atomic E-state index is 6.07. The molecule has 1 atom stereocenters. The van der Waals surface area contributed by atoms with E-state index >= 15 is 0 Å². The maximum atomic E-state index is 6.07. The van der Waals surface area contributed by atoms with E-state index in [1.54, 1.807) is 0 Å². The number of halogens is 2. The van der Waals surface area contributed by atoms with Gasteiger partial charge in [0.2, 0.25) is 0 Å². The van der Waals surface area contributed by atoms with E-state index in [4.69, 9.17) is 4.74 Å². The van der Waals surface area contributed by atoms with E-state index in [2.05, 4.69) is 60.6 Å². The monoisotopic (exact) mass is 413 g/mol. The highest BCUT2D eigenvalue weighted by Crippen LogP contribution is 2.31. The summed E-state index contributed by atoms with van der Waals surface area (Å²) >= 11 is 6.99. The van der Waals surface area contributed by atoms with Crippen LogP contribution in [0.4, 0.5) is 5.69 Å². The summed E-state index contributed by atoms with van der Waals surface area (Å²) in [6.45, 7) is 5.95. The SMILES string of the molecule is CC1(C)CN(c2ccnc3cc(Br)cnc23)CC(CBr)O1. The molecule has 4 nitrogen and oxygen atoms in total. The molecule has 1 fully saturated rings. The Bertz CT molecular complexity index is 662. The molecule has 1 aliphatic rings. The molecule has 3 rings (SSSR count). The van der Waals surface area contributed by atoms with E-state index in [1.165, 1.54) is 0 Å². The molecule has 0 amide bonds. The smallest absolute Gasteiger partial charge is 0.112 e. The Balaban J connectivity index is 2.03. The van der Waals surface area contributed by atoms with Gasteiger partial charge in [-0.2, -0.15) is 0 Å². The number of nitrogens with zero attached hydrogens (tertiary/aromatic N) is 3. The summed E-state index contributed by atoms with van der Waals surface area (Å²) in [4.78, 5) is 11.3. The second kappa shape index (κ2) is 5.82. The van der Waals surface area contributed by atoms with Crippen LogP contribution in [0.3, 0.4) is 0 Å². The lowest BCUT2D eigenvalue weighted by Gasteiger charge is -2.43. The minimum absolute atomic E-state index is 0.174. The summed E-state index contributed by atoms with van der Waals surface area (Å²) in [5.41, 5.74) is 2.78. The van der Waals surface area contributed by atoms with Crippen molar-refractivity contribution in [3.05, 3.63) is 29.0 Å². The Morgan fingerprint density at radius 1 is 1.43 bits per heavy atom. The van der Waals surface area contributed by atoms with Crippen LogP contribution in [0.5, 0.6) is 0 Å². The summed E-state index contributed by atoms with van der Waals surface area (Å²) < 4.78 is 7.02. The predicted molar refractivity (Wildman–Crippen MR) is 92.2 cm³/mol. The number of aromatic nitrogens is 2. The van der Waals surface area contributed by atoms with Crippen LogP contribution in [-0.4, -0.2) is 40.1 Å². The second-order valence-electron chi connectivity index (χ2n) is 5.89. The van der Waals surface area contributed by atoms with Gasteiger partial charge in [-0.05, 0) is 41.9 Å². The first-order chi connectivity index (χ1) is 9.98. The van der Waals surface area contributed by atoms with E-state index in [1.807, 2.05) is 24.5 Å². The lowest BCUT2D eigenvalue weighted by Crippen LogP contribution is -2.53. The van der Waals surface area contributed by atoms with Gasteiger partial charge in [-0.15, -0.1) is 0 Å². The zero-order valence-corrected chi connectivity index (χ0v) is 15.2. The third-order valence-electron chi connectivity index (χ3n) is 3.52. The number of anilines is 1. The Kier molecular flexibility index (Phi) is 4.21. The van der Waals surface area contributed by atoms with Crippen molar-refractivity contribution in [1.29, 1.82) is 0 Å². The van der Waals surface area contributed by atoms with Crippen molar-refractivity contribution in [2.24, 2.45) is 0 Å². The highest BCUT2D eigenvalue weighted by atomic mass is 79.9.